The molecule has 10 heteroatoms. The van der Waals surface area contributed by atoms with Crippen LogP contribution < -0.4 is 16.0 Å². The van der Waals surface area contributed by atoms with E-state index < -0.39 is 35.6 Å². The van der Waals surface area contributed by atoms with Gasteiger partial charge in [0, 0.05) is 36.6 Å². The fourth-order valence-electron chi connectivity index (χ4n) is 4.30. The summed E-state index contributed by atoms with van der Waals surface area (Å²) in [5.41, 5.74) is 1.47. The average molecular weight is 543 g/mol. The van der Waals surface area contributed by atoms with E-state index in [1.54, 1.807) is 45.9 Å². The molecule has 0 radical (unpaired) electrons. The van der Waals surface area contributed by atoms with Crippen molar-refractivity contribution in [2.75, 3.05) is 11.9 Å². The maximum absolute atomic E-state index is 13.3. The predicted octanol–water partition coefficient (Wildman–Crippen LogP) is 4.21. The third-order valence-corrected chi connectivity index (χ3v) is 6.32. The number of likely N-dealkylation sites (tertiary alicyclic amines) is 1. The van der Waals surface area contributed by atoms with Gasteiger partial charge in [-0.15, -0.1) is 0 Å². The van der Waals surface area contributed by atoms with Crippen molar-refractivity contribution in [3.05, 3.63) is 64.7 Å². The molecule has 1 fully saturated rings. The van der Waals surface area contributed by atoms with Crippen LogP contribution in [0.3, 0.4) is 0 Å². The van der Waals surface area contributed by atoms with Crippen LogP contribution in [-0.2, 0) is 25.7 Å². The molecule has 1 aliphatic rings. The van der Waals surface area contributed by atoms with Gasteiger partial charge in [-0.3, -0.25) is 19.3 Å². The van der Waals surface area contributed by atoms with Crippen LogP contribution in [0.25, 0.3) is 0 Å². The molecule has 1 saturated heterocycles. The third-order valence-electron chi connectivity index (χ3n) is 6.09. The van der Waals surface area contributed by atoms with Gasteiger partial charge in [0.25, 0.3) is 0 Å². The van der Waals surface area contributed by atoms with E-state index in [4.69, 9.17) is 16.3 Å². The Labute approximate surface area is 228 Å². The first kappa shape index (κ1) is 29.0. The number of hydrogen-bond donors (Lipinski definition) is 3. The molecule has 3 rings (SSSR count). The summed E-state index contributed by atoms with van der Waals surface area (Å²) in [6.45, 7) is 8.70. The van der Waals surface area contributed by atoms with Crippen molar-refractivity contribution in [1.29, 1.82) is 0 Å². The molecule has 9 nitrogen and oxygen atoms in total. The van der Waals surface area contributed by atoms with E-state index in [0.717, 1.165) is 5.56 Å². The molecule has 0 spiro atoms. The molecule has 3 atom stereocenters. The minimum Gasteiger partial charge on any atom is -0.444 e. The van der Waals surface area contributed by atoms with E-state index in [1.807, 2.05) is 30.3 Å². The number of nitrogens with one attached hydrogen (secondary N) is 3. The summed E-state index contributed by atoms with van der Waals surface area (Å²) < 4.78 is 5.56. The Bertz CT molecular complexity index is 1180. The molecule has 2 unspecified atom stereocenters. The number of halogens is 1. The Kier molecular flexibility index (Phi) is 9.38. The highest BCUT2D eigenvalue weighted by Gasteiger charge is 2.42. The first-order chi connectivity index (χ1) is 17.8. The lowest BCUT2D eigenvalue weighted by Gasteiger charge is -2.28. The molecule has 4 amide bonds. The highest BCUT2D eigenvalue weighted by atomic mass is 35.5. The Morgan fingerprint density at radius 2 is 1.79 bits per heavy atom. The monoisotopic (exact) mass is 542 g/mol. The number of nitrogens with zero attached hydrogens (tertiary/aromatic N) is 1. The molecule has 1 aliphatic heterocycles. The zero-order valence-electron chi connectivity index (χ0n) is 22.3. The Morgan fingerprint density at radius 1 is 1.11 bits per heavy atom. The largest absolute Gasteiger partial charge is 0.444 e. The number of rotatable bonds is 7. The summed E-state index contributed by atoms with van der Waals surface area (Å²) in [7, 11) is 0. The van der Waals surface area contributed by atoms with Crippen LogP contribution in [0.15, 0.2) is 48.5 Å². The lowest BCUT2D eigenvalue weighted by Crippen LogP contribution is -2.52. The second-order valence-electron chi connectivity index (χ2n) is 10.4. The summed E-state index contributed by atoms with van der Waals surface area (Å²) >= 11 is 6.08. The molecule has 0 aromatic heterocycles. The van der Waals surface area contributed by atoms with Crippen molar-refractivity contribution in [3.8, 4) is 0 Å². The smallest absolute Gasteiger partial charge is 0.410 e. The number of hydrogen-bond acceptors (Lipinski definition) is 5. The highest BCUT2D eigenvalue weighted by molar-refractivity contribution is 6.30. The van der Waals surface area contributed by atoms with Gasteiger partial charge in [-0.05, 0) is 63.4 Å². The number of carbonyl (C=O) groups excluding carboxylic acids is 4. The van der Waals surface area contributed by atoms with Crippen molar-refractivity contribution in [2.24, 2.45) is 0 Å². The summed E-state index contributed by atoms with van der Waals surface area (Å²) in [4.78, 5) is 52.0. The lowest BCUT2D eigenvalue weighted by atomic mass is 9.96. The van der Waals surface area contributed by atoms with Gasteiger partial charge in [0.15, 0.2) is 0 Å². The van der Waals surface area contributed by atoms with Gasteiger partial charge in [0.05, 0.1) is 0 Å². The topological polar surface area (TPSA) is 117 Å². The van der Waals surface area contributed by atoms with Crippen molar-refractivity contribution in [3.63, 3.8) is 0 Å². The summed E-state index contributed by atoms with van der Waals surface area (Å²) in [6.07, 6.45) is -0.161. The maximum Gasteiger partial charge on any atom is 0.410 e. The molecule has 3 N–H and O–H groups in total. The van der Waals surface area contributed by atoms with Gasteiger partial charge in [-0.2, -0.15) is 0 Å². The predicted molar refractivity (Wildman–Crippen MR) is 146 cm³/mol. The van der Waals surface area contributed by atoms with E-state index in [1.165, 1.54) is 11.8 Å². The number of carbonyl (C=O) groups is 4. The maximum atomic E-state index is 13.3. The summed E-state index contributed by atoms with van der Waals surface area (Å²) in [5, 5.41) is 8.67. The SMILES string of the molecule is CC(=O)Nc1ccc(Cl)cc1CNC(=O)C(C)NC(=O)[C@H]1CC(c2ccccc2)CN1C(=O)OC(C)(C)C. The first-order valence-electron chi connectivity index (χ1n) is 12.5. The number of ether oxygens (including phenoxy) is 1. The molecule has 204 valence electrons. The molecule has 0 bridgehead atoms. The molecule has 2 aromatic carbocycles. The van der Waals surface area contributed by atoms with Crippen LogP contribution in [-0.4, -0.2) is 52.9 Å². The molecule has 0 saturated carbocycles. The zero-order chi connectivity index (χ0) is 28.0. The first-order valence-corrected chi connectivity index (χ1v) is 12.9. The van der Waals surface area contributed by atoms with Crippen molar-refractivity contribution < 1.29 is 23.9 Å². The van der Waals surface area contributed by atoms with Crippen LogP contribution in [0.4, 0.5) is 10.5 Å². The Morgan fingerprint density at radius 3 is 2.42 bits per heavy atom. The van der Waals surface area contributed by atoms with Crippen molar-refractivity contribution >= 4 is 41.1 Å². The van der Waals surface area contributed by atoms with Gasteiger partial charge in [0.1, 0.15) is 17.7 Å². The van der Waals surface area contributed by atoms with E-state index >= 15 is 0 Å². The molecule has 1 heterocycles. The minimum absolute atomic E-state index is 0.0429. The van der Waals surface area contributed by atoms with Crippen LogP contribution in [0.1, 0.15) is 58.1 Å². The fraction of sp³-hybridized carbons (Fsp3) is 0.429. The van der Waals surface area contributed by atoms with Crippen LogP contribution in [0, 0.1) is 0 Å². The van der Waals surface area contributed by atoms with Crippen LogP contribution in [0.2, 0.25) is 5.02 Å². The number of anilines is 1. The quantitative estimate of drug-likeness (QED) is 0.484. The van der Waals surface area contributed by atoms with Gasteiger partial charge in [-0.1, -0.05) is 41.9 Å². The lowest BCUT2D eigenvalue weighted by molar-refractivity contribution is -0.131. The molecule has 38 heavy (non-hydrogen) atoms. The standard InChI is InChI=1S/C28H35ClN4O5/c1-17(25(35)30-15-20-13-22(29)11-12-23(20)32-18(2)34)31-26(36)24-14-21(19-9-7-6-8-10-19)16-33(24)27(37)38-28(3,4)5/h6-13,17,21,24H,14-16H2,1-5H3,(H,30,35)(H,31,36)(H,32,34)/t17?,21?,24-/m1/s1. The zero-order valence-corrected chi connectivity index (χ0v) is 23.1. The second kappa shape index (κ2) is 12.3. The highest BCUT2D eigenvalue weighted by Crippen LogP contribution is 2.33. The van der Waals surface area contributed by atoms with Crippen LogP contribution in [0.5, 0.6) is 0 Å². The minimum atomic E-state index is -0.873. The Balaban J connectivity index is 1.68. The normalized spacial score (nSPS) is 17.9. The molecule has 2 aromatic rings. The summed E-state index contributed by atoms with van der Waals surface area (Å²) in [5.74, 6) is -1.15. The molecular formula is C28H35ClN4O5. The Hall–Kier alpha value is -3.59. The van der Waals surface area contributed by atoms with Gasteiger partial charge < -0.3 is 20.7 Å². The number of amides is 4. The van der Waals surface area contributed by atoms with Gasteiger partial charge in [-0.25, -0.2) is 4.79 Å². The second-order valence-corrected chi connectivity index (χ2v) is 10.9. The van der Waals surface area contributed by atoms with E-state index in [0.29, 0.717) is 29.2 Å². The molecular weight excluding hydrogens is 508 g/mol. The third kappa shape index (κ3) is 7.95. The van der Waals surface area contributed by atoms with Gasteiger partial charge >= 0.3 is 6.09 Å². The van der Waals surface area contributed by atoms with E-state index in [2.05, 4.69) is 16.0 Å². The van der Waals surface area contributed by atoms with Gasteiger partial charge in [0.2, 0.25) is 17.7 Å². The summed E-state index contributed by atoms with van der Waals surface area (Å²) in [6, 6.07) is 13.0. The van der Waals surface area contributed by atoms with Crippen molar-refractivity contribution in [2.45, 2.75) is 71.2 Å². The van der Waals surface area contributed by atoms with E-state index in [-0.39, 0.29) is 18.4 Å². The molecule has 0 aliphatic carbocycles. The van der Waals surface area contributed by atoms with E-state index in [9.17, 15) is 19.2 Å². The average Bonchev–Trinajstić information content (AvgIpc) is 3.29. The van der Waals surface area contributed by atoms with Crippen LogP contribution >= 0.6 is 11.6 Å². The van der Waals surface area contributed by atoms with Crippen molar-refractivity contribution in [1.82, 2.24) is 15.5 Å². The fourth-order valence-corrected chi connectivity index (χ4v) is 4.50. The number of benzene rings is 2.